The molecule has 4 bridgehead atoms. The number of carbonyl (C=O) groups excluding carboxylic acids is 2. The van der Waals surface area contributed by atoms with Crippen LogP contribution < -0.4 is 10.6 Å². The molecule has 38 heavy (non-hydrogen) atoms. The fraction of sp³-hybridized carbons (Fsp3) is 0.724. The minimum atomic E-state index is -3.94. The van der Waals surface area contributed by atoms with E-state index in [1.807, 2.05) is 0 Å². The molecule has 0 spiro atoms. The first-order chi connectivity index (χ1) is 18.1. The van der Waals surface area contributed by atoms with E-state index in [2.05, 4.69) is 10.6 Å². The number of rotatable bonds is 7. The summed E-state index contributed by atoms with van der Waals surface area (Å²) in [6.45, 7) is 0. The van der Waals surface area contributed by atoms with Crippen LogP contribution in [0.4, 0.5) is 0 Å². The highest BCUT2D eigenvalue weighted by atomic mass is 35.5. The van der Waals surface area contributed by atoms with Crippen molar-refractivity contribution in [2.75, 3.05) is 7.05 Å². The van der Waals surface area contributed by atoms with Gasteiger partial charge in [-0.25, -0.2) is 8.42 Å². The Morgan fingerprint density at radius 1 is 0.921 bits per heavy atom. The second-order valence-electron chi connectivity index (χ2n) is 12.8. The first kappa shape index (κ1) is 26.6. The summed E-state index contributed by atoms with van der Waals surface area (Å²) < 4.78 is 28.3. The lowest BCUT2D eigenvalue weighted by Crippen LogP contribution is -2.68. The molecule has 1 aromatic rings. The lowest BCUT2D eigenvalue weighted by Gasteiger charge is -2.60. The van der Waals surface area contributed by atoms with E-state index in [1.54, 1.807) is 18.2 Å². The van der Waals surface area contributed by atoms with Crippen LogP contribution in [0.2, 0.25) is 5.02 Å². The third-order valence-electron chi connectivity index (χ3n) is 10.7. The number of nitrogens with zero attached hydrogens (tertiary/aromatic N) is 1. The molecule has 6 fully saturated rings. The fourth-order valence-electron chi connectivity index (χ4n) is 8.64. The average molecular weight is 562 g/mol. The number of halogens is 1. The number of benzene rings is 1. The first-order valence-corrected chi connectivity index (χ1v) is 16.3. The highest BCUT2D eigenvalue weighted by Crippen LogP contribution is 2.60. The van der Waals surface area contributed by atoms with Gasteiger partial charge in [-0.15, -0.1) is 0 Å². The van der Waals surface area contributed by atoms with Crippen LogP contribution in [0.25, 0.3) is 0 Å². The van der Waals surface area contributed by atoms with Crippen LogP contribution in [0.3, 0.4) is 0 Å². The van der Waals surface area contributed by atoms with Crippen molar-refractivity contribution < 1.29 is 18.0 Å². The lowest BCUT2D eigenvalue weighted by atomic mass is 9.47. The smallest absolute Gasteiger partial charge is 0.245 e. The fourth-order valence-corrected chi connectivity index (χ4v) is 10.7. The van der Waals surface area contributed by atoms with Crippen LogP contribution in [-0.4, -0.2) is 49.2 Å². The summed E-state index contributed by atoms with van der Waals surface area (Å²) in [5.41, 5.74) is -1.39. The third kappa shape index (κ3) is 4.29. The van der Waals surface area contributed by atoms with Gasteiger partial charge in [0.15, 0.2) is 0 Å². The second-order valence-corrected chi connectivity index (χ2v) is 15.2. The van der Waals surface area contributed by atoms with Crippen molar-refractivity contribution in [2.45, 2.75) is 106 Å². The molecule has 2 atom stereocenters. The Kier molecular flexibility index (Phi) is 6.83. The van der Waals surface area contributed by atoms with Gasteiger partial charge in [0, 0.05) is 19.1 Å². The molecule has 0 radical (unpaired) electrons. The van der Waals surface area contributed by atoms with Crippen LogP contribution in [0.15, 0.2) is 29.2 Å². The zero-order chi connectivity index (χ0) is 26.7. The summed E-state index contributed by atoms with van der Waals surface area (Å²) >= 11 is 6.24. The molecule has 208 valence electrons. The normalized spacial score (nSPS) is 34.1. The van der Waals surface area contributed by atoms with E-state index in [0.29, 0.717) is 24.8 Å². The predicted molar refractivity (Wildman–Crippen MR) is 146 cm³/mol. The molecule has 7 rings (SSSR count). The number of likely N-dealkylation sites (N-methyl/N-ethyl adjacent to an activating group) is 1. The lowest BCUT2D eigenvalue weighted by molar-refractivity contribution is -0.153. The van der Waals surface area contributed by atoms with Gasteiger partial charge in [-0.3, -0.25) is 9.59 Å². The largest absolute Gasteiger partial charge is 0.353 e. The maximum atomic E-state index is 13.9. The molecule has 2 N–H and O–H groups in total. The Morgan fingerprint density at radius 2 is 1.58 bits per heavy atom. The maximum Gasteiger partial charge on any atom is 0.245 e. The number of hydrogen-bond acceptors (Lipinski definition) is 4. The molecule has 0 heterocycles. The van der Waals surface area contributed by atoms with Crippen molar-refractivity contribution in [3.05, 3.63) is 29.3 Å². The van der Waals surface area contributed by atoms with Crippen molar-refractivity contribution in [1.29, 1.82) is 0 Å². The number of hydrogen-bond donors (Lipinski definition) is 2. The Morgan fingerprint density at radius 3 is 2.18 bits per heavy atom. The van der Waals surface area contributed by atoms with Crippen molar-refractivity contribution in [3.8, 4) is 0 Å². The molecule has 0 aliphatic heterocycles. The van der Waals surface area contributed by atoms with Crippen LogP contribution in [0.1, 0.15) is 83.5 Å². The first-order valence-electron chi connectivity index (χ1n) is 14.5. The monoisotopic (exact) mass is 561 g/mol. The van der Waals surface area contributed by atoms with Gasteiger partial charge in [-0.2, -0.15) is 4.31 Å². The summed E-state index contributed by atoms with van der Waals surface area (Å²) in [6.07, 6.45) is 12.3. The highest BCUT2D eigenvalue weighted by molar-refractivity contribution is 7.89. The highest BCUT2D eigenvalue weighted by Gasteiger charge is 2.60. The molecule has 1 aromatic carbocycles. The SMILES string of the molecule is CN(C1(C(=O)NC2C3CC4CC2CC(C(=O)NC2CCCCC2)(C4)C3)CCC1)S(=O)(=O)c1ccccc1Cl. The molecule has 2 amide bonds. The molecular formula is C29H40ClN3O4S. The number of carbonyl (C=O) groups is 2. The van der Waals surface area contributed by atoms with Gasteiger partial charge in [-0.05, 0) is 94.1 Å². The van der Waals surface area contributed by atoms with E-state index in [0.717, 1.165) is 51.4 Å². The quantitative estimate of drug-likeness (QED) is 0.507. The number of nitrogens with one attached hydrogen (secondary N) is 2. The molecule has 7 nitrogen and oxygen atoms in total. The molecule has 6 saturated carbocycles. The van der Waals surface area contributed by atoms with Gasteiger partial charge in [0.1, 0.15) is 10.4 Å². The average Bonchev–Trinajstić information content (AvgIpc) is 2.86. The standard InChI is InChI=1S/C29H40ClN3O4S/c1-33(38(36,37)24-11-6-5-10-23(24)30)29(12-7-13-29)27(35)32-25-20-14-19-15-21(25)18-28(16-19,17-20)26(34)31-22-8-3-2-4-9-22/h5-6,10-11,19-22,25H,2-4,7-9,12-18H2,1H3,(H,31,34)(H,32,35). The molecule has 9 heteroatoms. The van der Waals surface area contributed by atoms with Crippen molar-refractivity contribution in [2.24, 2.45) is 23.2 Å². The van der Waals surface area contributed by atoms with Crippen molar-refractivity contribution >= 4 is 33.4 Å². The molecule has 2 unspecified atom stereocenters. The Balaban J connectivity index is 1.18. The van der Waals surface area contributed by atoms with Crippen molar-refractivity contribution in [1.82, 2.24) is 14.9 Å². The van der Waals surface area contributed by atoms with Crippen molar-refractivity contribution in [3.63, 3.8) is 0 Å². The van der Waals surface area contributed by atoms with Gasteiger partial charge in [0.2, 0.25) is 21.8 Å². The molecule has 0 aromatic heterocycles. The van der Waals surface area contributed by atoms with E-state index < -0.39 is 15.6 Å². The molecule has 6 aliphatic rings. The molecular weight excluding hydrogens is 522 g/mol. The van der Waals surface area contributed by atoms with E-state index >= 15 is 0 Å². The Labute approximate surface area is 231 Å². The Bertz CT molecular complexity index is 1190. The minimum absolute atomic E-state index is 0.00329. The van der Waals surface area contributed by atoms with E-state index in [4.69, 9.17) is 11.6 Å². The van der Waals surface area contributed by atoms with Gasteiger partial charge in [0.25, 0.3) is 0 Å². The third-order valence-corrected chi connectivity index (χ3v) is 13.1. The predicted octanol–water partition coefficient (Wildman–Crippen LogP) is 4.64. The van der Waals surface area contributed by atoms with Gasteiger partial charge in [-0.1, -0.05) is 43.0 Å². The summed E-state index contributed by atoms with van der Waals surface area (Å²) in [4.78, 5) is 27.5. The number of sulfonamides is 1. The van der Waals surface area contributed by atoms with Gasteiger partial charge in [0.05, 0.1) is 10.4 Å². The molecule has 6 aliphatic carbocycles. The van der Waals surface area contributed by atoms with Crippen LogP contribution in [0.5, 0.6) is 0 Å². The van der Waals surface area contributed by atoms with Crippen LogP contribution >= 0.6 is 11.6 Å². The summed E-state index contributed by atoms with van der Waals surface area (Å²) in [6, 6.07) is 6.72. The topological polar surface area (TPSA) is 95.6 Å². The van der Waals surface area contributed by atoms with E-state index in [9.17, 15) is 18.0 Å². The number of amides is 2. The zero-order valence-corrected chi connectivity index (χ0v) is 23.8. The summed E-state index contributed by atoms with van der Waals surface area (Å²) in [5.74, 6) is 1.13. The van der Waals surface area contributed by atoms with Gasteiger partial charge >= 0.3 is 0 Å². The summed E-state index contributed by atoms with van der Waals surface area (Å²) in [5, 5.41) is 6.93. The molecule has 0 saturated heterocycles. The van der Waals surface area contributed by atoms with Gasteiger partial charge < -0.3 is 10.6 Å². The minimum Gasteiger partial charge on any atom is -0.353 e. The van der Waals surface area contributed by atoms with Crippen LogP contribution in [0, 0.1) is 23.2 Å². The van der Waals surface area contributed by atoms with Crippen LogP contribution in [-0.2, 0) is 19.6 Å². The van der Waals surface area contributed by atoms with E-state index in [1.165, 1.54) is 36.7 Å². The van der Waals surface area contributed by atoms with E-state index in [-0.39, 0.29) is 45.0 Å². The maximum absolute atomic E-state index is 13.9. The Hall–Kier alpha value is -1.64. The second kappa shape index (κ2) is 9.77. The zero-order valence-electron chi connectivity index (χ0n) is 22.3. The summed E-state index contributed by atoms with van der Waals surface area (Å²) in [7, 11) is -2.43.